The summed E-state index contributed by atoms with van der Waals surface area (Å²) in [5, 5.41) is 11.9. The van der Waals surface area contributed by atoms with Crippen molar-refractivity contribution in [2.45, 2.75) is 45.6 Å². The van der Waals surface area contributed by atoms with E-state index in [0.717, 1.165) is 18.8 Å². The van der Waals surface area contributed by atoms with Gasteiger partial charge in [0.15, 0.2) is 0 Å². The van der Waals surface area contributed by atoms with E-state index in [1.165, 1.54) is 32.2 Å². The molecule has 1 aliphatic rings. The Morgan fingerprint density at radius 3 is 2.44 bits per heavy atom. The number of carbonyl (C=O) groups excluding carboxylic acids is 1. The Kier molecular flexibility index (Phi) is 4.59. The molecule has 0 bridgehead atoms. The summed E-state index contributed by atoms with van der Waals surface area (Å²) in [6.07, 6.45) is 3.51. The number of rotatable bonds is 4. The third-order valence-electron chi connectivity index (χ3n) is 4.01. The van der Waals surface area contributed by atoms with E-state index in [1.807, 2.05) is 0 Å². The highest BCUT2D eigenvalue weighted by molar-refractivity contribution is 5.85. The number of carbonyl (C=O) groups is 2. The SMILES string of the molecule is CC1CCC(CNC(=O)N(C)C(C)(C)C(=O)O)C1. The number of likely N-dealkylation sites (N-methyl/N-ethyl adjacent to an activating group) is 1. The number of hydrogen-bond donors (Lipinski definition) is 2. The molecule has 0 aromatic rings. The number of aliphatic carboxylic acids is 1. The molecular formula is C13H24N2O3. The highest BCUT2D eigenvalue weighted by Crippen LogP contribution is 2.29. The predicted octanol–water partition coefficient (Wildman–Crippen LogP) is 1.93. The molecule has 104 valence electrons. The Bertz CT molecular complexity index is 328. The van der Waals surface area contributed by atoms with Crippen LogP contribution in [-0.2, 0) is 4.79 Å². The van der Waals surface area contributed by atoms with Crippen molar-refractivity contribution in [2.75, 3.05) is 13.6 Å². The zero-order chi connectivity index (χ0) is 13.9. The number of carboxylic acid groups (broad SMARTS) is 1. The molecule has 5 nitrogen and oxygen atoms in total. The second kappa shape index (κ2) is 5.59. The van der Waals surface area contributed by atoms with E-state index in [9.17, 15) is 9.59 Å². The number of nitrogens with one attached hydrogen (secondary N) is 1. The predicted molar refractivity (Wildman–Crippen MR) is 69.4 cm³/mol. The molecule has 1 fully saturated rings. The summed E-state index contributed by atoms with van der Waals surface area (Å²) in [6, 6.07) is -0.318. The van der Waals surface area contributed by atoms with Gasteiger partial charge in [-0.2, -0.15) is 0 Å². The highest BCUT2D eigenvalue weighted by Gasteiger charge is 2.35. The topological polar surface area (TPSA) is 69.6 Å². The molecule has 0 aromatic carbocycles. The van der Waals surface area contributed by atoms with Gasteiger partial charge in [0.05, 0.1) is 0 Å². The summed E-state index contributed by atoms with van der Waals surface area (Å²) >= 11 is 0. The lowest BCUT2D eigenvalue weighted by Gasteiger charge is -2.31. The maximum absolute atomic E-state index is 11.9. The Morgan fingerprint density at radius 1 is 1.39 bits per heavy atom. The third-order valence-corrected chi connectivity index (χ3v) is 4.01. The number of carboxylic acids is 1. The van der Waals surface area contributed by atoms with Crippen molar-refractivity contribution >= 4 is 12.0 Å². The maximum atomic E-state index is 11.9. The van der Waals surface area contributed by atoms with Crippen molar-refractivity contribution in [3.05, 3.63) is 0 Å². The molecule has 0 radical (unpaired) electrons. The fourth-order valence-corrected chi connectivity index (χ4v) is 2.26. The van der Waals surface area contributed by atoms with Crippen molar-refractivity contribution in [2.24, 2.45) is 11.8 Å². The lowest BCUT2D eigenvalue weighted by atomic mass is 10.0. The zero-order valence-corrected chi connectivity index (χ0v) is 11.7. The minimum absolute atomic E-state index is 0.318. The summed E-state index contributed by atoms with van der Waals surface area (Å²) in [5.41, 5.74) is -1.19. The molecule has 1 saturated carbocycles. The van der Waals surface area contributed by atoms with Gasteiger partial charge >= 0.3 is 12.0 Å². The molecule has 0 heterocycles. The normalized spacial score (nSPS) is 23.8. The summed E-state index contributed by atoms with van der Waals surface area (Å²) in [6.45, 7) is 5.91. The van der Waals surface area contributed by atoms with Crippen LogP contribution in [0.2, 0.25) is 0 Å². The molecule has 2 amide bonds. The maximum Gasteiger partial charge on any atom is 0.329 e. The Hall–Kier alpha value is -1.26. The largest absolute Gasteiger partial charge is 0.480 e. The zero-order valence-electron chi connectivity index (χ0n) is 11.7. The highest BCUT2D eigenvalue weighted by atomic mass is 16.4. The van der Waals surface area contributed by atoms with Crippen molar-refractivity contribution in [3.8, 4) is 0 Å². The number of hydrogen-bond acceptors (Lipinski definition) is 2. The lowest BCUT2D eigenvalue weighted by molar-refractivity contribution is -0.146. The molecule has 0 spiro atoms. The van der Waals surface area contributed by atoms with Crippen molar-refractivity contribution in [1.82, 2.24) is 10.2 Å². The van der Waals surface area contributed by atoms with Crippen LogP contribution in [0.1, 0.15) is 40.0 Å². The van der Waals surface area contributed by atoms with Gasteiger partial charge in [-0.05, 0) is 38.5 Å². The quantitative estimate of drug-likeness (QED) is 0.807. The molecule has 1 aliphatic carbocycles. The first-order valence-corrected chi connectivity index (χ1v) is 6.50. The molecule has 0 saturated heterocycles. The van der Waals surface area contributed by atoms with Crippen LogP contribution < -0.4 is 5.32 Å². The Labute approximate surface area is 109 Å². The second-order valence-corrected chi connectivity index (χ2v) is 5.89. The first-order chi connectivity index (χ1) is 8.25. The van der Waals surface area contributed by atoms with E-state index in [4.69, 9.17) is 5.11 Å². The summed E-state index contributed by atoms with van der Waals surface area (Å²) in [5.74, 6) is 0.264. The smallest absolute Gasteiger partial charge is 0.329 e. The number of urea groups is 1. The molecule has 2 N–H and O–H groups in total. The molecule has 1 rings (SSSR count). The molecular weight excluding hydrogens is 232 g/mol. The van der Waals surface area contributed by atoms with Gasteiger partial charge in [0.2, 0.25) is 0 Å². The third kappa shape index (κ3) is 3.37. The van der Waals surface area contributed by atoms with E-state index in [0.29, 0.717) is 12.5 Å². The van der Waals surface area contributed by atoms with E-state index in [-0.39, 0.29) is 6.03 Å². The van der Waals surface area contributed by atoms with Crippen LogP contribution in [0.4, 0.5) is 4.79 Å². The van der Waals surface area contributed by atoms with Gasteiger partial charge in [0.25, 0.3) is 0 Å². The van der Waals surface area contributed by atoms with Crippen molar-refractivity contribution in [3.63, 3.8) is 0 Å². The van der Waals surface area contributed by atoms with Crippen LogP contribution in [0.3, 0.4) is 0 Å². The molecule has 2 unspecified atom stereocenters. The van der Waals surface area contributed by atoms with Crippen LogP contribution in [0.5, 0.6) is 0 Å². The van der Waals surface area contributed by atoms with Crippen LogP contribution >= 0.6 is 0 Å². The standard InChI is InChI=1S/C13H24N2O3/c1-9-5-6-10(7-9)8-14-12(18)15(4)13(2,3)11(16)17/h9-10H,5-8H2,1-4H3,(H,14,18)(H,16,17). The molecule has 0 aromatic heterocycles. The Morgan fingerprint density at radius 2 is 2.00 bits per heavy atom. The average molecular weight is 256 g/mol. The summed E-state index contributed by atoms with van der Waals surface area (Å²) in [7, 11) is 1.51. The molecule has 2 atom stereocenters. The van der Waals surface area contributed by atoms with Gasteiger partial charge in [-0.15, -0.1) is 0 Å². The second-order valence-electron chi connectivity index (χ2n) is 5.89. The van der Waals surface area contributed by atoms with Gasteiger partial charge in [-0.3, -0.25) is 0 Å². The number of nitrogens with zero attached hydrogens (tertiary/aromatic N) is 1. The molecule has 18 heavy (non-hydrogen) atoms. The number of amides is 2. The van der Waals surface area contributed by atoms with Gasteiger partial charge in [0, 0.05) is 13.6 Å². The van der Waals surface area contributed by atoms with Crippen LogP contribution in [0.15, 0.2) is 0 Å². The van der Waals surface area contributed by atoms with Gasteiger partial charge < -0.3 is 15.3 Å². The van der Waals surface area contributed by atoms with E-state index >= 15 is 0 Å². The summed E-state index contributed by atoms with van der Waals surface area (Å²) < 4.78 is 0. The molecule has 5 heteroatoms. The van der Waals surface area contributed by atoms with Gasteiger partial charge in [-0.1, -0.05) is 13.3 Å². The first-order valence-electron chi connectivity index (χ1n) is 6.50. The fraction of sp³-hybridized carbons (Fsp3) is 0.846. The van der Waals surface area contributed by atoms with Crippen LogP contribution in [-0.4, -0.2) is 41.1 Å². The fourth-order valence-electron chi connectivity index (χ4n) is 2.26. The summed E-state index contributed by atoms with van der Waals surface area (Å²) in [4.78, 5) is 24.2. The van der Waals surface area contributed by atoms with E-state index in [2.05, 4.69) is 12.2 Å². The van der Waals surface area contributed by atoms with E-state index < -0.39 is 11.5 Å². The minimum Gasteiger partial charge on any atom is -0.480 e. The first kappa shape index (κ1) is 14.8. The lowest BCUT2D eigenvalue weighted by Crippen LogP contribution is -2.54. The monoisotopic (exact) mass is 256 g/mol. The van der Waals surface area contributed by atoms with Crippen molar-refractivity contribution < 1.29 is 14.7 Å². The minimum atomic E-state index is -1.19. The average Bonchev–Trinajstić information content (AvgIpc) is 2.70. The van der Waals surface area contributed by atoms with Crippen molar-refractivity contribution in [1.29, 1.82) is 0 Å². The van der Waals surface area contributed by atoms with E-state index in [1.54, 1.807) is 0 Å². The Balaban J connectivity index is 2.43. The van der Waals surface area contributed by atoms with Crippen LogP contribution in [0.25, 0.3) is 0 Å². The molecule has 0 aliphatic heterocycles. The van der Waals surface area contributed by atoms with Crippen LogP contribution in [0, 0.1) is 11.8 Å². The van der Waals surface area contributed by atoms with Gasteiger partial charge in [0.1, 0.15) is 5.54 Å². The van der Waals surface area contributed by atoms with Gasteiger partial charge in [-0.25, -0.2) is 9.59 Å².